The molecule has 102 valence electrons. The molecule has 2 aliphatic heterocycles. The van der Waals surface area contributed by atoms with Crippen molar-refractivity contribution in [1.82, 2.24) is 19.9 Å². The van der Waals surface area contributed by atoms with E-state index in [0.717, 1.165) is 36.6 Å². The van der Waals surface area contributed by atoms with E-state index in [9.17, 15) is 0 Å². The summed E-state index contributed by atoms with van der Waals surface area (Å²) >= 11 is 0. The lowest BCUT2D eigenvalue weighted by atomic mass is 10.2. The molecule has 2 atom stereocenters. The molecule has 2 fully saturated rings. The molecule has 2 aromatic rings. The van der Waals surface area contributed by atoms with Crippen LogP contribution in [0.4, 0.5) is 11.8 Å². The predicted octanol–water partition coefficient (Wildman–Crippen LogP) is 0.493. The second-order valence-corrected chi connectivity index (χ2v) is 5.06. The highest BCUT2D eigenvalue weighted by atomic mass is 16.5. The zero-order valence-corrected chi connectivity index (χ0v) is 10.8. The van der Waals surface area contributed by atoms with Gasteiger partial charge in [-0.15, -0.1) is 0 Å². The van der Waals surface area contributed by atoms with Crippen LogP contribution < -0.4 is 10.6 Å². The van der Waals surface area contributed by atoms with Crippen LogP contribution in [0.15, 0.2) is 24.8 Å². The minimum atomic E-state index is 0.279. The van der Waals surface area contributed by atoms with Gasteiger partial charge in [-0.25, -0.2) is 15.0 Å². The van der Waals surface area contributed by atoms with Crippen molar-refractivity contribution in [3.8, 4) is 11.3 Å². The van der Waals surface area contributed by atoms with Crippen molar-refractivity contribution in [3.63, 3.8) is 0 Å². The van der Waals surface area contributed by atoms with Crippen molar-refractivity contribution in [2.24, 2.45) is 0 Å². The van der Waals surface area contributed by atoms with Crippen LogP contribution in [0.2, 0.25) is 0 Å². The third-order valence-electron chi connectivity index (χ3n) is 3.82. The highest BCUT2D eigenvalue weighted by Gasteiger charge is 2.40. The first-order valence-corrected chi connectivity index (χ1v) is 6.58. The van der Waals surface area contributed by atoms with Crippen molar-refractivity contribution < 1.29 is 4.74 Å². The Morgan fingerprint density at radius 3 is 3.00 bits per heavy atom. The van der Waals surface area contributed by atoms with Gasteiger partial charge in [-0.3, -0.25) is 0 Å². The SMILES string of the molecule is Nc1ncc(-c2ccncn2)c(N2CC3CC2CO3)n1. The van der Waals surface area contributed by atoms with Gasteiger partial charge in [0.15, 0.2) is 0 Å². The minimum Gasteiger partial charge on any atom is -0.374 e. The molecule has 2 bridgehead atoms. The van der Waals surface area contributed by atoms with E-state index in [-0.39, 0.29) is 5.95 Å². The second-order valence-electron chi connectivity index (χ2n) is 5.06. The highest BCUT2D eigenvalue weighted by Crippen LogP contribution is 2.36. The minimum absolute atomic E-state index is 0.279. The first-order chi connectivity index (χ1) is 9.81. The fraction of sp³-hybridized carbons (Fsp3) is 0.385. The van der Waals surface area contributed by atoms with Crippen molar-refractivity contribution >= 4 is 11.8 Å². The number of hydrogen-bond donors (Lipinski definition) is 1. The third kappa shape index (κ3) is 1.78. The summed E-state index contributed by atoms with van der Waals surface area (Å²) in [5.74, 6) is 1.12. The number of hydrogen-bond acceptors (Lipinski definition) is 7. The summed E-state index contributed by atoms with van der Waals surface area (Å²) in [4.78, 5) is 19.0. The lowest BCUT2D eigenvalue weighted by molar-refractivity contribution is 0.0989. The van der Waals surface area contributed by atoms with E-state index in [1.54, 1.807) is 12.4 Å². The van der Waals surface area contributed by atoms with Crippen molar-refractivity contribution in [3.05, 3.63) is 24.8 Å². The summed E-state index contributed by atoms with van der Waals surface area (Å²) in [5, 5.41) is 0. The number of ether oxygens (including phenoxy) is 1. The molecule has 20 heavy (non-hydrogen) atoms. The lowest BCUT2D eigenvalue weighted by Gasteiger charge is -2.29. The van der Waals surface area contributed by atoms with Crippen LogP contribution in [0.1, 0.15) is 6.42 Å². The Morgan fingerprint density at radius 2 is 2.30 bits per heavy atom. The number of anilines is 2. The smallest absolute Gasteiger partial charge is 0.221 e. The molecule has 0 aliphatic carbocycles. The van der Waals surface area contributed by atoms with E-state index < -0.39 is 0 Å². The van der Waals surface area contributed by atoms with Gasteiger partial charge in [0.25, 0.3) is 0 Å². The molecule has 7 nitrogen and oxygen atoms in total. The van der Waals surface area contributed by atoms with Crippen LogP contribution in [0, 0.1) is 0 Å². The summed E-state index contributed by atoms with van der Waals surface area (Å²) < 4.78 is 5.64. The van der Waals surface area contributed by atoms with Gasteiger partial charge in [-0.2, -0.15) is 4.98 Å². The maximum absolute atomic E-state index is 5.76. The Morgan fingerprint density at radius 1 is 1.35 bits per heavy atom. The largest absolute Gasteiger partial charge is 0.374 e. The van der Waals surface area contributed by atoms with Gasteiger partial charge in [0.2, 0.25) is 5.95 Å². The van der Waals surface area contributed by atoms with Crippen LogP contribution in [0.25, 0.3) is 11.3 Å². The van der Waals surface area contributed by atoms with Gasteiger partial charge >= 0.3 is 0 Å². The number of nitrogens with two attached hydrogens (primary N) is 1. The third-order valence-corrected chi connectivity index (χ3v) is 3.82. The summed E-state index contributed by atoms with van der Waals surface area (Å²) in [5.41, 5.74) is 7.45. The predicted molar refractivity (Wildman–Crippen MR) is 73.0 cm³/mol. The molecule has 0 saturated carbocycles. The van der Waals surface area contributed by atoms with Gasteiger partial charge in [-0.1, -0.05) is 0 Å². The summed E-state index contributed by atoms with van der Waals surface area (Å²) in [6.45, 7) is 1.59. The summed E-state index contributed by atoms with van der Waals surface area (Å²) in [7, 11) is 0. The Kier molecular flexibility index (Phi) is 2.53. The first kappa shape index (κ1) is 11.5. The number of morpholine rings is 1. The zero-order valence-electron chi connectivity index (χ0n) is 10.8. The Hall–Kier alpha value is -2.28. The average Bonchev–Trinajstić information content (AvgIpc) is 3.11. The highest BCUT2D eigenvalue weighted by molar-refractivity contribution is 5.73. The van der Waals surface area contributed by atoms with E-state index in [1.165, 1.54) is 6.33 Å². The number of nitrogen functional groups attached to an aromatic ring is 1. The number of nitrogens with zero attached hydrogens (tertiary/aromatic N) is 5. The second kappa shape index (κ2) is 4.38. The molecule has 0 radical (unpaired) electrons. The van der Waals surface area contributed by atoms with E-state index in [2.05, 4.69) is 24.8 Å². The molecule has 0 aromatic carbocycles. The standard InChI is InChI=1S/C13H14N6O/c14-13-16-4-10(11-1-2-15-7-17-11)12(18-13)19-5-9-3-8(19)6-20-9/h1-2,4,7-9H,3,5-6H2,(H2,14,16,18). The monoisotopic (exact) mass is 270 g/mol. The number of fused-ring (bicyclic) bond motifs is 2. The van der Waals surface area contributed by atoms with Crippen LogP contribution in [-0.4, -0.2) is 45.2 Å². The number of aromatic nitrogens is 4. The Bertz CT molecular complexity index is 634. The topological polar surface area (TPSA) is 90.0 Å². The lowest BCUT2D eigenvalue weighted by Crippen LogP contribution is -2.38. The quantitative estimate of drug-likeness (QED) is 0.849. The molecule has 0 amide bonds. The van der Waals surface area contributed by atoms with Gasteiger partial charge in [0.05, 0.1) is 30.0 Å². The van der Waals surface area contributed by atoms with Crippen molar-refractivity contribution in [2.75, 3.05) is 23.8 Å². The Labute approximate surface area is 115 Å². The molecule has 7 heteroatoms. The fourth-order valence-corrected chi connectivity index (χ4v) is 2.89. The molecule has 2 aromatic heterocycles. The normalized spacial score (nSPS) is 24.3. The molecule has 4 rings (SSSR count). The summed E-state index contributed by atoms with van der Waals surface area (Å²) in [6, 6.07) is 2.22. The molecule has 2 saturated heterocycles. The summed E-state index contributed by atoms with van der Waals surface area (Å²) in [6.07, 6.45) is 6.31. The van der Waals surface area contributed by atoms with Gasteiger partial charge in [-0.05, 0) is 12.5 Å². The number of rotatable bonds is 2. The molecule has 0 spiro atoms. The van der Waals surface area contributed by atoms with Gasteiger partial charge in [0, 0.05) is 18.9 Å². The van der Waals surface area contributed by atoms with E-state index >= 15 is 0 Å². The van der Waals surface area contributed by atoms with Gasteiger partial charge < -0.3 is 15.4 Å². The first-order valence-electron chi connectivity index (χ1n) is 6.58. The van der Waals surface area contributed by atoms with Crippen molar-refractivity contribution in [2.45, 2.75) is 18.6 Å². The molecule has 2 unspecified atom stereocenters. The Balaban J connectivity index is 1.80. The maximum Gasteiger partial charge on any atom is 0.221 e. The molecule has 2 N–H and O–H groups in total. The van der Waals surface area contributed by atoms with Crippen molar-refractivity contribution in [1.29, 1.82) is 0 Å². The van der Waals surface area contributed by atoms with E-state index in [1.807, 2.05) is 6.07 Å². The fourth-order valence-electron chi connectivity index (χ4n) is 2.89. The van der Waals surface area contributed by atoms with Crippen LogP contribution in [-0.2, 0) is 4.74 Å². The molecular formula is C13H14N6O. The van der Waals surface area contributed by atoms with E-state index in [4.69, 9.17) is 10.5 Å². The average molecular weight is 270 g/mol. The zero-order chi connectivity index (χ0) is 13.5. The molecular weight excluding hydrogens is 256 g/mol. The van der Waals surface area contributed by atoms with E-state index in [0.29, 0.717) is 12.1 Å². The van der Waals surface area contributed by atoms with Crippen LogP contribution >= 0.6 is 0 Å². The molecule has 2 aliphatic rings. The van der Waals surface area contributed by atoms with Crippen LogP contribution in [0.3, 0.4) is 0 Å². The molecule has 4 heterocycles. The van der Waals surface area contributed by atoms with Gasteiger partial charge in [0.1, 0.15) is 12.1 Å². The maximum atomic E-state index is 5.76. The van der Waals surface area contributed by atoms with Crippen LogP contribution in [0.5, 0.6) is 0 Å².